The summed E-state index contributed by atoms with van der Waals surface area (Å²) in [5.74, 6) is 0.273. The van der Waals surface area contributed by atoms with Crippen molar-refractivity contribution >= 4 is 33.4 Å². The van der Waals surface area contributed by atoms with E-state index in [4.69, 9.17) is 0 Å². The lowest BCUT2D eigenvalue weighted by Crippen LogP contribution is -2.41. The SMILES string of the molecule is Cc1ccc(N(CC(=O)NCCSc2ccccn2)S(=O)(=O)c2ccccc2)cc1. The standard InChI is InChI=1S/C22H23N3O3S2/c1-18-10-12-19(13-11-18)25(30(27,28)20-7-3-2-4-8-20)17-21(26)23-15-16-29-22-9-5-6-14-24-22/h2-14H,15-17H2,1H3,(H,23,26). The number of hydrogen-bond acceptors (Lipinski definition) is 5. The molecule has 0 bridgehead atoms. The molecular weight excluding hydrogens is 418 g/mol. The summed E-state index contributed by atoms with van der Waals surface area (Å²) in [5.41, 5.74) is 1.45. The Hall–Kier alpha value is -2.84. The lowest BCUT2D eigenvalue weighted by Gasteiger charge is -2.24. The van der Waals surface area contributed by atoms with E-state index in [1.165, 1.54) is 23.9 Å². The van der Waals surface area contributed by atoms with E-state index >= 15 is 0 Å². The number of carbonyl (C=O) groups is 1. The van der Waals surface area contributed by atoms with Crippen LogP contribution >= 0.6 is 11.8 Å². The lowest BCUT2D eigenvalue weighted by atomic mass is 10.2. The van der Waals surface area contributed by atoms with E-state index in [1.807, 2.05) is 37.3 Å². The van der Waals surface area contributed by atoms with Crippen LogP contribution in [0.15, 0.2) is 88.9 Å². The average molecular weight is 442 g/mol. The van der Waals surface area contributed by atoms with Gasteiger partial charge in [0.05, 0.1) is 15.6 Å². The van der Waals surface area contributed by atoms with Crippen LogP contribution in [-0.2, 0) is 14.8 Å². The zero-order valence-corrected chi connectivity index (χ0v) is 18.2. The summed E-state index contributed by atoms with van der Waals surface area (Å²) in [6.45, 7) is 2.04. The number of thioether (sulfide) groups is 1. The Morgan fingerprint density at radius 3 is 2.37 bits per heavy atom. The molecule has 3 rings (SSSR count). The Morgan fingerprint density at radius 1 is 1.00 bits per heavy atom. The molecule has 0 aliphatic rings. The fourth-order valence-corrected chi connectivity index (χ4v) is 4.88. The van der Waals surface area contributed by atoms with Crippen molar-refractivity contribution in [3.05, 3.63) is 84.6 Å². The third-order valence-electron chi connectivity index (χ3n) is 4.25. The Kier molecular flexibility index (Phi) is 7.48. The van der Waals surface area contributed by atoms with E-state index in [2.05, 4.69) is 10.3 Å². The van der Waals surface area contributed by atoms with E-state index < -0.39 is 10.0 Å². The topological polar surface area (TPSA) is 79.4 Å². The maximum Gasteiger partial charge on any atom is 0.264 e. The van der Waals surface area contributed by atoms with Gasteiger partial charge in [-0.15, -0.1) is 11.8 Å². The van der Waals surface area contributed by atoms with Gasteiger partial charge in [-0.3, -0.25) is 9.10 Å². The molecule has 1 N–H and O–H groups in total. The first-order chi connectivity index (χ1) is 14.5. The number of aromatic nitrogens is 1. The van der Waals surface area contributed by atoms with E-state index in [-0.39, 0.29) is 17.3 Å². The number of pyridine rings is 1. The van der Waals surface area contributed by atoms with Crippen LogP contribution in [-0.4, -0.2) is 38.2 Å². The third kappa shape index (κ3) is 5.84. The molecule has 2 aromatic carbocycles. The summed E-state index contributed by atoms with van der Waals surface area (Å²) in [4.78, 5) is 16.9. The number of nitrogens with zero attached hydrogens (tertiary/aromatic N) is 2. The number of anilines is 1. The molecule has 156 valence electrons. The fourth-order valence-electron chi connectivity index (χ4n) is 2.71. The molecular formula is C22H23N3O3S2. The second-order valence-electron chi connectivity index (χ2n) is 6.53. The highest BCUT2D eigenvalue weighted by Gasteiger charge is 2.26. The molecule has 6 nitrogen and oxygen atoms in total. The smallest absolute Gasteiger partial charge is 0.264 e. The third-order valence-corrected chi connectivity index (χ3v) is 6.99. The van der Waals surface area contributed by atoms with Crippen LogP contribution in [0.4, 0.5) is 5.69 Å². The second kappa shape index (κ2) is 10.3. The molecule has 0 fully saturated rings. The molecule has 0 spiro atoms. The maximum atomic E-state index is 13.2. The number of rotatable bonds is 9. The van der Waals surface area contributed by atoms with Crippen LogP contribution in [0.25, 0.3) is 0 Å². The van der Waals surface area contributed by atoms with Crippen molar-refractivity contribution < 1.29 is 13.2 Å². The van der Waals surface area contributed by atoms with Gasteiger partial charge in [0.1, 0.15) is 6.54 Å². The summed E-state index contributed by atoms with van der Waals surface area (Å²) < 4.78 is 27.5. The van der Waals surface area contributed by atoms with Gasteiger partial charge in [0.15, 0.2) is 0 Å². The van der Waals surface area contributed by atoms with Gasteiger partial charge in [-0.2, -0.15) is 0 Å². The molecule has 1 amide bonds. The summed E-state index contributed by atoms with van der Waals surface area (Å²) in [5, 5.41) is 3.67. The van der Waals surface area contributed by atoms with Gasteiger partial charge in [0.25, 0.3) is 10.0 Å². The minimum Gasteiger partial charge on any atom is -0.354 e. The molecule has 0 aliphatic heterocycles. The molecule has 1 aromatic heterocycles. The number of nitrogens with one attached hydrogen (secondary N) is 1. The van der Waals surface area contributed by atoms with Gasteiger partial charge in [0.2, 0.25) is 5.91 Å². The first kappa shape index (κ1) is 21.9. The van der Waals surface area contributed by atoms with Crippen molar-refractivity contribution in [2.75, 3.05) is 23.1 Å². The number of carbonyl (C=O) groups excluding carboxylic acids is 1. The summed E-state index contributed by atoms with van der Waals surface area (Å²) >= 11 is 1.52. The summed E-state index contributed by atoms with van der Waals surface area (Å²) in [6.07, 6.45) is 1.72. The lowest BCUT2D eigenvalue weighted by molar-refractivity contribution is -0.119. The predicted octanol–water partition coefficient (Wildman–Crippen LogP) is 3.49. The Bertz CT molecular complexity index is 1060. The predicted molar refractivity (Wildman–Crippen MR) is 120 cm³/mol. The minimum atomic E-state index is -3.88. The number of benzene rings is 2. The molecule has 0 aliphatic carbocycles. The van der Waals surface area contributed by atoms with Crippen molar-refractivity contribution in [3.8, 4) is 0 Å². The highest BCUT2D eigenvalue weighted by atomic mass is 32.2. The van der Waals surface area contributed by atoms with Gasteiger partial charge in [0, 0.05) is 18.5 Å². The number of sulfonamides is 1. The fraction of sp³-hybridized carbons (Fsp3) is 0.182. The number of aryl methyl sites for hydroxylation is 1. The largest absolute Gasteiger partial charge is 0.354 e. The van der Waals surface area contributed by atoms with Gasteiger partial charge < -0.3 is 5.32 Å². The van der Waals surface area contributed by atoms with E-state index in [9.17, 15) is 13.2 Å². The maximum absolute atomic E-state index is 13.2. The number of hydrogen-bond donors (Lipinski definition) is 1. The Morgan fingerprint density at radius 2 is 1.70 bits per heavy atom. The van der Waals surface area contributed by atoms with E-state index in [0.717, 1.165) is 14.9 Å². The van der Waals surface area contributed by atoms with E-state index in [1.54, 1.807) is 36.5 Å². The first-order valence-corrected chi connectivity index (χ1v) is 11.8. The molecule has 3 aromatic rings. The zero-order chi connectivity index (χ0) is 21.4. The quantitative estimate of drug-likeness (QED) is 0.406. The average Bonchev–Trinajstić information content (AvgIpc) is 2.77. The number of amides is 1. The minimum absolute atomic E-state index is 0.143. The molecule has 1 heterocycles. The Labute approximate surface area is 181 Å². The van der Waals surface area contributed by atoms with Crippen molar-refractivity contribution in [3.63, 3.8) is 0 Å². The monoisotopic (exact) mass is 441 g/mol. The van der Waals surface area contributed by atoms with Gasteiger partial charge in [-0.1, -0.05) is 42.0 Å². The molecule has 0 saturated heterocycles. The van der Waals surface area contributed by atoms with Crippen LogP contribution in [0.1, 0.15) is 5.56 Å². The molecule has 0 atom stereocenters. The van der Waals surface area contributed by atoms with Crippen LogP contribution < -0.4 is 9.62 Å². The van der Waals surface area contributed by atoms with Gasteiger partial charge in [-0.25, -0.2) is 13.4 Å². The highest BCUT2D eigenvalue weighted by molar-refractivity contribution is 7.99. The van der Waals surface area contributed by atoms with Crippen molar-refractivity contribution in [2.24, 2.45) is 0 Å². The molecule has 0 unspecified atom stereocenters. The normalized spacial score (nSPS) is 11.1. The highest BCUT2D eigenvalue weighted by Crippen LogP contribution is 2.23. The van der Waals surface area contributed by atoms with Crippen LogP contribution in [0.5, 0.6) is 0 Å². The van der Waals surface area contributed by atoms with Crippen LogP contribution in [0.2, 0.25) is 0 Å². The van der Waals surface area contributed by atoms with Crippen LogP contribution in [0, 0.1) is 6.92 Å². The first-order valence-electron chi connectivity index (χ1n) is 9.42. The molecule has 30 heavy (non-hydrogen) atoms. The van der Waals surface area contributed by atoms with Gasteiger partial charge >= 0.3 is 0 Å². The Balaban J connectivity index is 1.69. The molecule has 0 saturated carbocycles. The summed E-state index contributed by atoms with van der Waals surface area (Å²) in [7, 11) is -3.88. The zero-order valence-electron chi connectivity index (χ0n) is 16.6. The van der Waals surface area contributed by atoms with Crippen molar-refractivity contribution in [2.45, 2.75) is 16.8 Å². The second-order valence-corrected chi connectivity index (χ2v) is 9.50. The van der Waals surface area contributed by atoms with Crippen LogP contribution in [0.3, 0.4) is 0 Å². The molecule has 8 heteroatoms. The van der Waals surface area contributed by atoms with Crippen molar-refractivity contribution in [1.82, 2.24) is 10.3 Å². The van der Waals surface area contributed by atoms with E-state index in [0.29, 0.717) is 18.0 Å². The van der Waals surface area contributed by atoms with Crippen molar-refractivity contribution in [1.29, 1.82) is 0 Å². The summed E-state index contributed by atoms with van der Waals surface area (Å²) in [6, 6.07) is 20.8. The van der Waals surface area contributed by atoms with Gasteiger partial charge in [-0.05, 0) is 43.3 Å². The molecule has 0 radical (unpaired) electrons.